The molecule has 0 amide bonds. The van der Waals surface area contributed by atoms with Crippen molar-refractivity contribution in [1.29, 1.82) is 10.5 Å². The van der Waals surface area contributed by atoms with Crippen LogP contribution in [0.1, 0.15) is 43.7 Å². The molecular weight excluding hydrogens is 550 g/mol. The number of Topliss-reactive ketones (excluding diaryl/α,β-unsaturated/α-hetero) is 1. The van der Waals surface area contributed by atoms with Gasteiger partial charge in [-0.15, -0.1) is 11.3 Å². The minimum Gasteiger partial charge on any atom is -0.462 e. The Morgan fingerprint density at radius 3 is 2.54 bits per heavy atom. The van der Waals surface area contributed by atoms with Crippen LogP contribution < -0.4 is 0 Å². The van der Waals surface area contributed by atoms with Gasteiger partial charge >= 0.3 is 5.97 Å². The van der Waals surface area contributed by atoms with E-state index in [1.165, 1.54) is 0 Å². The number of nitrogens with zero attached hydrogens (tertiary/aromatic N) is 3. The Morgan fingerprint density at radius 1 is 1.14 bits per heavy atom. The van der Waals surface area contributed by atoms with Gasteiger partial charge in [-0.2, -0.15) is 10.5 Å². The van der Waals surface area contributed by atoms with E-state index in [1.807, 2.05) is 60.8 Å². The number of para-hydroxylation sites is 1. The Balaban J connectivity index is 1.67. The van der Waals surface area contributed by atoms with Crippen molar-refractivity contribution in [3.05, 3.63) is 96.8 Å². The molecule has 0 aliphatic heterocycles. The fourth-order valence-electron chi connectivity index (χ4n) is 4.11. The van der Waals surface area contributed by atoms with Crippen molar-refractivity contribution in [2.45, 2.75) is 26.8 Å². The van der Waals surface area contributed by atoms with Crippen LogP contribution in [0, 0.1) is 29.6 Å². The minimum atomic E-state index is -0.519. The highest BCUT2D eigenvalue weighted by atomic mass is 79.9. The topological polar surface area (TPSA) is 95.9 Å². The summed E-state index contributed by atoms with van der Waals surface area (Å²) in [6.07, 6.45) is 3.39. The van der Waals surface area contributed by atoms with Gasteiger partial charge in [-0.1, -0.05) is 46.3 Å². The molecule has 0 spiro atoms. The van der Waals surface area contributed by atoms with E-state index in [-0.39, 0.29) is 24.2 Å². The van der Waals surface area contributed by atoms with Crippen LogP contribution in [-0.4, -0.2) is 22.9 Å². The molecule has 0 bridgehead atoms. The molecule has 0 saturated heterocycles. The Hall–Kier alpha value is -3.98. The van der Waals surface area contributed by atoms with Crippen molar-refractivity contribution < 1.29 is 14.3 Å². The summed E-state index contributed by atoms with van der Waals surface area (Å²) in [5.74, 6) is -0.935. The molecule has 0 aliphatic rings. The number of carbonyl (C=O) groups excluding carboxylic acids is 2. The number of carbonyl (C=O) groups is 2. The van der Waals surface area contributed by atoms with Crippen LogP contribution in [0.5, 0.6) is 0 Å². The summed E-state index contributed by atoms with van der Waals surface area (Å²) >= 11 is 4.53. The Morgan fingerprint density at radius 2 is 1.86 bits per heavy atom. The average molecular weight is 572 g/mol. The minimum absolute atomic E-state index is 0.0147. The number of benzene rings is 2. The van der Waals surface area contributed by atoms with Crippen molar-refractivity contribution in [3.8, 4) is 12.1 Å². The Bertz CT molecular complexity index is 1620. The number of allylic oxidation sites excluding steroid dienone is 1. The summed E-state index contributed by atoms with van der Waals surface area (Å²) in [7, 11) is 0. The third kappa shape index (κ3) is 5.56. The average Bonchev–Trinajstić information content (AvgIpc) is 3.40. The van der Waals surface area contributed by atoms with E-state index in [9.17, 15) is 20.1 Å². The summed E-state index contributed by atoms with van der Waals surface area (Å²) in [5, 5.41) is 20.4. The van der Waals surface area contributed by atoms with Gasteiger partial charge in [-0.25, -0.2) is 4.79 Å². The molecule has 6 nitrogen and oxygen atoms in total. The lowest BCUT2D eigenvalue weighted by Crippen LogP contribution is -2.05. The van der Waals surface area contributed by atoms with Gasteiger partial charge in [0.25, 0.3) is 0 Å². The van der Waals surface area contributed by atoms with Crippen molar-refractivity contribution >= 4 is 56.0 Å². The van der Waals surface area contributed by atoms with Gasteiger partial charge in [0.15, 0.2) is 5.78 Å². The van der Waals surface area contributed by atoms with E-state index in [1.54, 1.807) is 19.9 Å². The number of thiophene rings is 1. The third-order valence-corrected chi connectivity index (χ3v) is 7.72. The number of hydrogen-bond donors (Lipinski definition) is 0. The van der Waals surface area contributed by atoms with Crippen LogP contribution in [0.25, 0.3) is 17.0 Å². The number of hydrogen-bond acceptors (Lipinski definition) is 6. The van der Waals surface area contributed by atoms with Crippen molar-refractivity contribution in [3.63, 3.8) is 0 Å². The Kier molecular flexibility index (Phi) is 8.03. The first-order chi connectivity index (χ1) is 17.9. The second-order valence-corrected chi connectivity index (χ2v) is 10.3. The third-order valence-electron chi connectivity index (χ3n) is 5.92. The normalized spacial score (nSPS) is 11.2. The molecule has 0 aliphatic carbocycles. The molecule has 0 atom stereocenters. The monoisotopic (exact) mass is 571 g/mol. The molecule has 4 rings (SSSR count). The zero-order chi connectivity index (χ0) is 26.5. The Labute approximate surface area is 227 Å². The first kappa shape index (κ1) is 26.1. The van der Waals surface area contributed by atoms with Crippen molar-refractivity contribution in [2.24, 2.45) is 0 Å². The number of nitriles is 2. The van der Waals surface area contributed by atoms with Gasteiger partial charge in [-0.3, -0.25) is 4.79 Å². The van der Waals surface area contributed by atoms with Crippen LogP contribution in [0.3, 0.4) is 0 Å². The highest BCUT2D eigenvalue weighted by molar-refractivity contribution is 9.10. The number of ketones is 1. The fourth-order valence-corrected chi connectivity index (χ4v) is 5.53. The van der Waals surface area contributed by atoms with Gasteiger partial charge in [0.1, 0.15) is 17.0 Å². The molecule has 0 unspecified atom stereocenters. The molecule has 0 saturated carbocycles. The van der Waals surface area contributed by atoms with E-state index < -0.39 is 11.8 Å². The molecule has 0 radical (unpaired) electrons. The molecule has 37 heavy (non-hydrogen) atoms. The predicted molar refractivity (Wildman–Crippen MR) is 147 cm³/mol. The van der Waals surface area contributed by atoms with E-state index in [0.717, 1.165) is 37.8 Å². The maximum atomic E-state index is 13.2. The SMILES string of the molecule is CCOC(=O)c1sc(CC(=O)/C(C#N)=C/c2cn(Cc3ccc(Br)cc3)c3ccccc23)c(C#N)c1C. The molecule has 4 aromatic rings. The van der Waals surface area contributed by atoms with Crippen LogP contribution in [-0.2, 0) is 22.5 Å². The van der Waals surface area contributed by atoms with E-state index >= 15 is 0 Å². The second-order valence-electron chi connectivity index (χ2n) is 8.31. The smallest absolute Gasteiger partial charge is 0.348 e. The maximum Gasteiger partial charge on any atom is 0.348 e. The zero-order valence-corrected chi connectivity index (χ0v) is 22.6. The van der Waals surface area contributed by atoms with Crippen LogP contribution in [0.15, 0.2) is 64.8 Å². The number of esters is 1. The molecule has 184 valence electrons. The summed E-state index contributed by atoms with van der Waals surface area (Å²) in [5.41, 5.74) is 3.62. The second kappa shape index (κ2) is 11.4. The molecule has 2 aromatic carbocycles. The van der Waals surface area contributed by atoms with Crippen molar-refractivity contribution in [1.82, 2.24) is 4.57 Å². The predicted octanol–water partition coefficient (Wildman–Crippen LogP) is 6.59. The van der Waals surface area contributed by atoms with Crippen LogP contribution >= 0.6 is 27.3 Å². The standard InChI is InChI=1S/C29H22BrN3O3S/c1-3-36-29(35)28-18(2)24(15-32)27(37-28)13-26(34)20(14-31)12-21-17-33(25-7-5-4-6-23(21)25)16-19-8-10-22(30)11-9-19/h4-12,17H,3,13,16H2,1-2H3/b20-12+. The van der Waals surface area contributed by atoms with Gasteiger partial charge in [0.2, 0.25) is 0 Å². The van der Waals surface area contributed by atoms with E-state index in [2.05, 4.69) is 26.6 Å². The highest BCUT2D eigenvalue weighted by Crippen LogP contribution is 2.30. The summed E-state index contributed by atoms with van der Waals surface area (Å²) in [4.78, 5) is 26.2. The zero-order valence-electron chi connectivity index (χ0n) is 20.2. The van der Waals surface area contributed by atoms with E-state index in [0.29, 0.717) is 21.9 Å². The lowest BCUT2D eigenvalue weighted by Gasteiger charge is -2.05. The number of fused-ring (bicyclic) bond motifs is 1. The van der Waals surface area contributed by atoms with Gasteiger partial charge in [-0.05, 0) is 49.2 Å². The van der Waals surface area contributed by atoms with Gasteiger partial charge in [0, 0.05) is 45.0 Å². The van der Waals surface area contributed by atoms with Gasteiger partial charge in [0.05, 0.1) is 17.7 Å². The van der Waals surface area contributed by atoms with Gasteiger partial charge < -0.3 is 9.30 Å². The summed E-state index contributed by atoms with van der Waals surface area (Å²) < 4.78 is 8.17. The number of ether oxygens (including phenoxy) is 1. The summed E-state index contributed by atoms with van der Waals surface area (Å²) in [6.45, 7) is 4.21. The maximum absolute atomic E-state index is 13.2. The highest BCUT2D eigenvalue weighted by Gasteiger charge is 2.23. The molecular formula is C29H22BrN3O3S. The molecule has 2 heterocycles. The van der Waals surface area contributed by atoms with Crippen LogP contribution in [0.2, 0.25) is 0 Å². The molecule has 8 heteroatoms. The van der Waals surface area contributed by atoms with Crippen LogP contribution in [0.4, 0.5) is 0 Å². The number of halogens is 1. The molecule has 0 fully saturated rings. The van der Waals surface area contributed by atoms with Crippen molar-refractivity contribution in [2.75, 3.05) is 6.61 Å². The lowest BCUT2D eigenvalue weighted by atomic mass is 10.0. The molecule has 2 aromatic heterocycles. The largest absolute Gasteiger partial charge is 0.462 e. The lowest BCUT2D eigenvalue weighted by molar-refractivity contribution is -0.114. The molecule has 0 N–H and O–H groups in total. The number of aromatic nitrogens is 1. The summed E-state index contributed by atoms with van der Waals surface area (Å²) in [6, 6.07) is 20.0. The number of rotatable bonds is 8. The first-order valence-electron chi connectivity index (χ1n) is 11.5. The first-order valence-corrected chi connectivity index (χ1v) is 13.1. The fraction of sp³-hybridized carbons (Fsp3) is 0.172. The quantitative estimate of drug-likeness (QED) is 0.135. The van der Waals surface area contributed by atoms with E-state index in [4.69, 9.17) is 4.74 Å².